The van der Waals surface area contributed by atoms with Crippen LogP contribution < -0.4 is 4.72 Å². The van der Waals surface area contributed by atoms with Gasteiger partial charge in [0.1, 0.15) is 4.90 Å². The smallest absolute Gasteiger partial charge is 0.305 e. The summed E-state index contributed by atoms with van der Waals surface area (Å²) in [4.78, 5) is 10.8. The van der Waals surface area contributed by atoms with Gasteiger partial charge < -0.3 is 9.67 Å². The Labute approximate surface area is 172 Å². The molecule has 0 aliphatic heterocycles. The summed E-state index contributed by atoms with van der Waals surface area (Å²) in [7, 11) is -3.77. The maximum Gasteiger partial charge on any atom is 0.305 e. The summed E-state index contributed by atoms with van der Waals surface area (Å²) in [6.07, 6.45) is 2.34. The van der Waals surface area contributed by atoms with Crippen LogP contribution in [0.4, 0.5) is 0 Å². The highest BCUT2D eigenvalue weighted by atomic mass is 35.5. The van der Waals surface area contributed by atoms with E-state index in [4.69, 9.17) is 28.3 Å². The van der Waals surface area contributed by atoms with Crippen LogP contribution >= 0.6 is 23.2 Å². The fraction of sp³-hybridized carbons (Fsp3) is 0.211. The lowest BCUT2D eigenvalue weighted by atomic mass is 10.1. The Kier molecular flexibility index (Phi) is 6.30. The average Bonchev–Trinajstić information content (AvgIpc) is 2.97. The molecule has 3 rings (SSSR count). The molecule has 0 saturated carbocycles. The zero-order chi connectivity index (χ0) is 20.3. The minimum absolute atomic E-state index is 0.0137. The number of aliphatic carboxylic acids is 1. The number of hydrogen-bond donors (Lipinski definition) is 2. The van der Waals surface area contributed by atoms with Crippen molar-refractivity contribution in [1.82, 2.24) is 9.29 Å². The van der Waals surface area contributed by atoms with E-state index in [0.29, 0.717) is 18.0 Å². The predicted molar refractivity (Wildman–Crippen MR) is 110 cm³/mol. The highest BCUT2D eigenvalue weighted by molar-refractivity contribution is 7.89. The van der Waals surface area contributed by atoms with Crippen molar-refractivity contribution in [3.63, 3.8) is 0 Å². The van der Waals surface area contributed by atoms with Crippen LogP contribution in [-0.4, -0.2) is 30.6 Å². The SMILES string of the molecule is O=C(O)CCn1cc(CCNS(=O)(=O)c2ccc(Cl)cc2Cl)c2ccccc21. The number of carbonyl (C=O) groups is 1. The second kappa shape index (κ2) is 8.53. The summed E-state index contributed by atoms with van der Waals surface area (Å²) in [6, 6.07) is 11.8. The molecule has 0 aliphatic carbocycles. The Balaban J connectivity index is 1.75. The standard InChI is InChI=1S/C19H18Cl2N2O4S/c20-14-5-6-18(16(21)11-14)28(26,27)22-9-7-13-12-23(10-8-19(24)25)17-4-2-1-3-15(13)17/h1-6,11-12,22H,7-10H2,(H,24,25). The number of nitrogens with one attached hydrogen (secondary N) is 1. The quantitative estimate of drug-likeness (QED) is 0.554. The summed E-state index contributed by atoms with van der Waals surface area (Å²) in [6.45, 7) is 0.524. The zero-order valence-electron chi connectivity index (χ0n) is 14.7. The lowest BCUT2D eigenvalue weighted by Crippen LogP contribution is -2.26. The van der Waals surface area contributed by atoms with Crippen molar-refractivity contribution in [2.45, 2.75) is 24.3 Å². The Morgan fingerprint density at radius 2 is 1.89 bits per heavy atom. The maximum atomic E-state index is 12.5. The summed E-state index contributed by atoms with van der Waals surface area (Å²) < 4.78 is 29.4. The first-order chi connectivity index (χ1) is 13.3. The first kappa shape index (κ1) is 20.7. The van der Waals surface area contributed by atoms with Crippen LogP contribution in [0.25, 0.3) is 10.9 Å². The van der Waals surface area contributed by atoms with Gasteiger partial charge in [-0.05, 0) is 36.2 Å². The third-order valence-electron chi connectivity index (χ3n) is 4.31. The van der Waals surface area contributed by atoms with Crippen LogP contribution in [-0.2, 0) is 27.8 Å². The van der Waals surface area contributed by atoms with E-state index in [0.717, 1.165) is 16.5 Å². The van der Waals surface area contributed by atoms with Gasteiger partial charge in [-0.25, -0.2) is 13.1 Å². The molecular weight excluding hydrogens is 423 g/mol. The van der Waals surface area contributed by atoms with Crippen molar-refractivity contribution in [3.05, 3.63) is 64.3 Å². The third kappa shape index (κ3) is 4.67. The van der Waals surface area contributed by atoms with Gasteiger partial charge in [0.05, 0.1) is 11.4 Å². The maximum absolute atomic E-state index is 12.5. The molecule has 9 heteroatoms. The molecule has 3 aromatic rings. The number of rotatable bonds is 8. The van der Waals surface area contributed by atoms with Crippen molar-refractivity contribution < 1.29 is 18.3 Å². The Morgan fingerprint density at radius 3 is 2.61 bits per heavy atom. The molecular formula is C19H18Cl2N2O4S. The van der Waals surface area contributed by atoms with Crippen LogP contribution in [0.5, 0.6) is 0 Å². The highest BCUT2D eigenvalue weighted by Crippen LogP contribution is 2.25. The van der Waals surface area contributed by atoms with Gasteiger partial charge in [0, 0.05) is 35.2 Å². The minimum atomic E-state index is -3.77. The third-order valence-corrected chi connectivity index (χ3v) is 6.49. The van der Waals surface area contributed by atoms with E-state index in [1.54, 1.807) is 0 Å². The summed E-state index contributed by atoms with van der Waals surface area (Å²) in [5.41, 5.74) is 1.85. The lowest BCUT2D eigenvalue weighted by Gasteiger charge is -2.08. The average molecular weight is 441 g/mol. The van der Waals surface area contributed by atoms with Gasteiger partial charge in [0.15, 0.2) is 0 Å². The first-order valence-electron chi connectivity index (χ1n) is 8.51. The van der Waals surface area contributed by atoms with Gasteiger partial charge in [-0.2, -0.15) is 0 Å². The van der Waals surface area contributed by atoms with E-state index in [1.807, 2.05) is 35.0 Å². The van der Waals surface area contributed by atoms with Gasteiger partial charge in [-0.3, -0.25) is 4.79 Å². The van der Waals surface area contributed by atoms with Crippen LogP contribution in [0, 0.1) is 0 Å². The fourth-order valence-corrected chi connectivity index (χ4v) is 4.82. The number of carboxylic acids is 1. The van der Waals surface area contributed by atoms with Crippen molar-refractivity contribution >= 4 is 50.1 Å². The van der Waals surface area contributed by atoms with E-state index < -0.39 is 16.0 Å². The lowest BCUT2D eigenvalue weighted by molar-refractivity contribution is -0.137. The highest BCUT2D eigenvalue weighted by Gasteiger charge is 2.18. The Hall–Kier alpha value is -2.06. The number of benzene rings is 2. The summed E-state index contributed by atoms with van der Waals surface area (Å²) in [5, 5.41) is 10.3. The van der Waals surface area contributed by atoms with E-state index in [2.05, 4.69) is 4.72 Å². The summed E-state index contributed by atoms with van der Waals surface area (Å²) in [5.74, 6) is -0.869. The molecule has 6 nitrogen and oxygen atoms in total. The molecule has 0 saturated heterocycles. The first-order valence-corrected chi connectivity index (χ1v) is 10.7. The molecule has 1 aromatic heterocycles. The number of para-hydroxylation sites is 1. The second-order valence-corrected chi connectivity index (χ2v) is 8.81. The second-order valence-electron chi connectivity index (χ2n) is 6.23. The normalized spacial score (nSPS) is 11.8. The van der Waals surface area contributed by atoms with E-state index in [-0.39, 0.29) is 22.9 Å². The number of halogens is 2. The topological polar surface area (TPSA) is 88.4 Å². The predicted octanol–water partition coefficient (Wildman–Crippen LogP) is 3.94. The summed E-state index contributed by atoms with van der Waals surface area (Å²) >= 11 is 11.8. The van der Waals surface area contributed by atoms with Crippen LogP contribution in [0.1, 0.15) is 12.0 Å². The molecule has 28 heavy (non-hydrogen) atoms. The molecule has 0 spiro atoms. The van der Waals surface area contributed by atoms with Gasteiger partial charge in [0.25, 0.3) is 0 Å². The van der Waals surface area contributed by atoms with Gasteiger partial charge >= 0.3 is 5.97 Å². The van der Waals surface area contributed by atoms with Crippen LogP contribution in [0.3, 0.4) is 0 Å². The number of sulfonamides is 1. The fourth-order valence-electron chi connectivity index (χ4n) is 3.01. The molecule has 0 unspecified atom stereocenters. The molecule has 2 N–H and O–H groups in total. The zero-order valence-corrected chi connectivity index (χ0v) is 17.1. The van der Waals surface area contributed by atoms with E-state index in [1.165, 1.54) is 18.2 Å². The van der Waals surface area contributed by atoms with E-state index >= 15 is 0 Å². The Morgan fingerprint density at radius 1 is 1.14 bits per heavy atom. The van der Waals surface area contributed by atoms with Crippen molar-refractivity contribution in [2.24, 2.45) is 0 Å². The molecule has 0 fully saturated rings. The molecule has 0 amide bonds. The number of carboxylic acid groups (broad SMARTS) is 1. The van der Waals surface area contributed by atoms with Crippen molar-refractivity contribution in [1.29, 1.82) is 0 Å². The van der Waals surface area contributed by atoms with Crippen molar-refractivity contribution in [3.8, 4) is 0 Å². The molecule has 0 aliphatic rings. The van der Waals surface area contributed by atoms with Gasteiger partial charge in [-0.1, -0.05) is 41.4 Å². The van der Waals surface area contributed by atoms with Crippen molar-refractivity contribution in [2.75, 3.05) is 6.54 Å². The monoisotopic (exact) mass is 440 g/mol. The molecule has 1 heterocycles. The Bertz CT molecular complexity index is 1130. The molecule has 0 bridgehead atoms. The number of aryl methyl sites for hydroxylation is 1. The largest absolute Gasteiger partial charge is 0.481 e. The minimum Gasteiger partial charge on any atom is -0.481 e. The molecule has 0 radical (unpaired) electrons. The molecule has 148 valence electrons. The van der Waals surface area contributed by atoms with Gasteiger partial charge in [-0.15, -0.1) is 0 Å². The van der Waals surface area contributed by atoms with Crippen LogP contribution in [0.15, 0.2) is 53.6 Å². The van der Waals surface area contributed by atoms with Gasteiger partial charge in [0.2, 0.25) is 10.0 Å². The number of fused-ring (bicyclic) bond motifs is 1. The molecule has 0 atom stereocenters. The van der Waals surface area contributed by atoms with E-state index in [9.17, 15) is 13.2 Å². The number of hydrogen-bond acceptors (Lipinski definition) is 3. The van der Waals surface area contributed by atoms with Crippen LogP contribution in [0.2, 0.25) is 10.0 Å². The number of aromatic nitrogens is 1. The number of nitrogens with zero attached hydrogens (tertiary/aromatic N) is 1. The molecule has 2 aromatic carbocycles.